The minimum absolute atomic E-state index is 0.0217. The molecule has 4 atom stereocenters. The smallest absolute Gasteiger partial charge is 0.407 e. The van der Waals surface area contributed by atoms with E-state index in [-0.39, 0.29) is 37.7 Å². The van der Waals surface area contributed by atoms with Gasteiger partial charge >= 0.3 is 12.1 Å². The Kier molecular flexibility index (Phi) is 6.06. The largest absolute Gasteiger partial charge is 0.481 e. The van der Waals surface area contributed by atoms with Crippen LogP contribution in [0, 0.1) is 11.8 Å². The Bertz CT molecular complexity index is 1100. The lowest BCUT2D eigenvalue weighted by Gasteiger charge is -2.19. The van der Waals surface area contributed by atoms with Crippen molar-refractivity contribution in [1.82, 2.24) is 10.6 Å². The molecule has 2 aromatic rings. The third kappa shape index (κ3) is 4.28. The van der Waals surface area contributed by atoms with E-state index >= 15 is 0 Å². The number of fused-ring (bicyclic) bond motifs is 3. The summed E-state index contributed by atoms with van der Waals surface area (Å²) >= 11 is 0. The van der Waals surface area contributed by atoms with Gasteiger partial charge in [-0.25, -0.2) is 4.79 Å². The van der Waals surface area contributed by atoms with E-state index in [0.717, 1.165) is 22.3 Å². The molecule has 8 nitrogen and oxygen atoms in total. The Labute approximate surface area is 196 Å². The van der Waals surface area contributed by atoms with Crippen molar-refractivity contribution in [3.63, 3.8) is 0 Å². The van der Waals surface area contributed by atoms with Crippen molar-refractivity contribution in [1.29, 1.82) is 0 Å². The van der Waals surface area contributed by atoms with Crippen molar-refractivity contribution < 1.29 is 29.0 Å². The molecule has 4 unspecified atom stereocenters. The topological polar surface area (TPSA) is 114 Å². The fraction of sp³-hybridized carbons (Fsp3) is 0.346. The molecule has 3 N–H and O–H groups in total. The molecule has 2 aromatic carbocycles. The molecule has 2 amide bonds. The first-order valence-electron chi connectivity index (χ1n) is 11.4. The van der Waals surface area contributed by atoms with E-state index in [9.17, 15) is 19.5 Å². The van der Waals surface area contributed by atoms with E-state index in [1.54, 1.807) is 12.2 Å². The van der Waals surface area contributed by atoms with E-state index < -0.39 is 29.9 Å². The first kappa shape index (κ1) is 22.2. The van der Waals surface area contributed by atoms with Gasteiger partial charge in [0.15, 0.2) is 0 Å². The van der Waals surface area contributed by atoms with Crippen molar-refractivity contribution in [2.75, 3.05) is 19.8 Å². The maximum atomic E-state index is 12.6. The molecule has 5 rings (SSSR count). The highest BCUT2D eigenvalue weighted by atomic mass is 16.5. The zero-order valence-corrected chi connectivity index (χ0v) is 18.5. The van der Waals surface area contributed by atoms with Crippen LogP contribution in [0.25, 0.3) is 11.1 Å². The van der Waals surface area contributed by atoms with Crippen molar-refractivity contribution >= 4 is 18.0 Å². The summed E-state index contributed by atoms with van der Waals surface area (Å²) in [5.41, 5.74) is 4.61. The molecular formula is C26H26N2O6. The van der Waals surface area contributed by atoms with Gasteiger partial charge in [0.05, 0.1) is 31.2 Å². The van der Waals surface area contributed by atoms with Crippen molar-refractivity contribution in [3.8, 4) is 11.1 Å². The number of aliphatic carboxylic acids is 1. The van der Waals surface area contributed by atoms with Gasteiger partial charge in [-0.2, -0.15) is 0 Å². The average molecular weight is 463 g/mol. The molecule has 2 aliphatic carbocycles. The summed E-state index contributed by atoms with van der Waals surface area (Å²) in [6.45, 7) is 0.492. The quantitative estimate of drug-likeness (QED) is 0.569. The molecule has 1 saturated heterocycles. The molecule has 3 aliphatic rings. The molecule has 1 heterocycles. The van der Waals surface area contributed by atoms with E-state index in [1.807, 2.05) is 24.3 Å². The highest BCUT2D eigenvalue weighted by Crippen LogP contribution is 2.44. The predicted molar refractivity (Wildman–Crippen MR) is 123 cm³/mol. The molecule has 1 aliphatic heterocycles. The number of nitrogens with one attached hydrogen (secondary N) is 2. The Hall–Kier alpha value is -3.65. The van der Waals surface area contributed by atoms with Gasteiger partial charge in [0.2, 0.25) is 5.91 Å². The number of hydrogen-bond acceptors (Lipinski definition) is 5. The van der Waals surface area contributed by atoms with Crippen LogP contribution in [0.3, 0.4) is 0 Å². The van der Waals surface area contributed by atoms with E-state index in [1.165, 1.54) is 0 Å². The number of carbonyl (C=O) groups is 3. The van der Waals surface area contributed by atoms with E-state index in [4.69, 9.17) is 9.47 Å². The number of ether oxygens (including phenoxy) is 2. The Morgan fingerprint density at radius 2 is 1.62 bits per heavy atom. The van der Waals surface area contributed by atoms with Crippen molar-refractivity contribution in [3.05, 3.63) is 71.8 Å². The highest BCUT2D eigenvalue weighted by Gasteiger charge is 2.37. The molecule has 1 fully saturated rings. The first-order valence-corrected chi connectivity index (χ1v) is 11.4. The van der Waals surface area contributed by atoms with Crippen LogP contribution in [0.2, 0.25) is 0 Å². The second-order valence-corrected chi connectivity index (χ2v) is 8.90. The van der Waals surface area contributed by atoms with Crippen LogP contribution in [0.1, 0.15) is 23.5 Å². The van der Waals surface area contributed by atoms with Crippen molar-refractivity contribution in [2.45, 2.75) is 24.4 Å². The number of rotatable bonds is 6. The van der Waals surface area contributed by atoms with Gasteiger partial charge in [0, 0.05) is 5.92 Å². The minimum atomic E-state index is -0.987. The third-order valence-electron chi connectivity index (χ3n) is 6.79. The van der Waals surface area contributed by atoms with Crippen molar-refractivity contribution in [2.24, 2.45) is 11.8 Å². The summed E-state index contributed by atoms with van der Waals surface area (Å²) in [5.74, 6) is -2.47. The zero-order valence-electron chi connectivity index (χ0n) is 18.5. The van der Waals surface area contributed by atoms with Gasteiger partial charge in [-0.05, 0) is 28.7 Å². The van der Waals surface area contributed by atoms with Crippen LogP contribution < -0.4 is 10.6 Å². The predicted octanol–water partition coefficient (Wildman–Crippen LogP) is 2.69. The lowest BCUT2D eigenvalue weighted by molar-refractivity contribution is -0.142. The summed E-state index contributed by atoms with van der Waals surface area (Å²) in [6, 6.07) is 15.4. The van der Waals surface area contributed by atoms with Gasteiger partial charge in [-0.3, -0.25) is 9.59 Å². The highest BCUT2D eigenvalue weighted by molar-refractivity contribution is 5.83. The Morgan fingerprint density at radius 3 is 2.29 bits per heavy atom. The van der Waals surface area contributed by atoms with Crippen LogP contribution in [-0.4, -0.2) is 55.0 Å². The summed E-state index contributed by atoms with van der Waals surface area (Å²) < 4.78 is 10.8. The van der Waals surface area contributed by atoms with Crippen LogP contribution in [-0.2, 0) is 19.1 Å². The molecule has 0 radical (unpaired) electrons. The van der Waals surface area contributed by atoms with Gasteiger partial charge in [0.1, 0.15) is 12.5 Å². The fourth-order valence-electron chi connectivity index (χ4n) is 5.02. The maximum absolute atomic E-state index is 12.6. The first-order chi connectivity index (χ1) is 16.5. The molecule has 34 heavy (non-hydrogen) atoms. The molecule has 0 saturated carbocycles. The third-order valence-corrected chi connectivity index (χ3v) is 6.79. The summed E-state index contributed by atoms with van der Waals surface area (Å²) in [7, 11) is 0. The monoisotopic (exact) mass is 462 g/mol. The van der Waals surface area contributed by atoms with Gasteiger partial charge in [-0.15, -0.1) is 0 Å². The Balaban J connectivity index is 1.13. The Morgan fingerprint density at radius 1 is 0.941 bits per heavy atom. The molecule has 0 aromatic heterocycles. The summed E-state index contributed by atoms with van der Waals surface area (Å²) in [5, 5.41) is 14.8. The van der Waals surface area contributed by atoms with Crippen LogP contribution in [0.15, 0.2) is 60.7 Å². The molecule has 0 spiro atoms. The molecule has 176 valence electrons. The number of benzene rings is 2. The maximum Gasteiger partial charge on any atom is 0.407 e. The van der Waals surface area contributed by atoms with E-state index in [2.05, 4.69) is 34.9 Å². The lowest BCUT2D eigenvalue weighted by Crippen LogP contribution is -2.45. The minimum Gasteiger partial charge on any atom is -0.481 e. The summed E-state index contributed by atoms with van der Waals surface area (Å²) in [6.07, 6.45) is 3.36. The van der Waals surface area contributed by atoms with Gasteiger partial charge in [-0.1, -0.05) is 60.7 Å². The number of amides is 2. The number of carboxylic acid groups (broad SMARTS) is 1. The van der Waals surface area contributed by atoms with E-state index in [0.29, 0.717) is 6.42 Å². The SMILES string of the molecule is O=C(NC1C=CC(C(=O)NC2COCC2C(=O)O)C1)OCC1c2ccccc2-c2ccccc21. The van der Waals surface area contributed by atoms with Crippen LogP contribution >= 0.6 is 0 Å². The van der Waals surface area contributed by atoms with Crippen LogP contribution in [0.5, 0.6) is 0 Å². The molecular weight excluding hydrogens is 436 g/mol. The number of hydrogen-bond donors (Lipinski definition) is 3. The summed E-state index contributed by atoms with van der Waals surface area (Å²) in [4.78, 5) is 36.4. The second kappa shape index (κ2) is 9.30. The molecule has 8 heteroatoms. The number of carbonyl (C=O) groups excluding carboxylic acids is 2. The normalized spacial score (nSPS) is 24.9. The number of alkyl carbamates (subject to hydrolysis) is 1. The number of carboxylic acids is 1. The zero-order chi connectivity index (χ0) is 23.7. The fourth-order valence-corrected chi connectivity index (χ4v) is 5.02. The second-order valence-electron chi connectivity index (χ2n) is 8.90. The molecule has 0 bridgehead atoms. The standard InChI is InChI=1S/C26H26N2O6/c29-24(28-23-14-33-12-22(23)25(30)31)15-9-10-16(11-15)27-26(32)34-13-21-19-7-3-1-5-17(19)18-6-2-4-8-20(18)21/h1-10,15-16,21-23H,11-14H2,(H,27,32)(H,28,29)(H,30,31). The van der Waals surface area contributed by atoms with Gasteiger partial charge < -0.3 is 25.2 Å². The average Bonchev–Trinajstić information content (AvgIpc) is 3.56. The van der Waals surface area contributed by atoms with Crippen LogP contribution in [0.4, 0.5) is 4.79 Å². The lowest BCUT2D eigenvalue weighted by atomic mass is 9.98. The van der Waals surface area contributed by atoms with Gasteiger partial charge in [0.25, 0.3) is 0 Å².